The molecule has 4 N–H and O–H groups in total. The van der Waals surface area contributed by atoms with Crippen LogP contribution in [0.4, 0.5) is 11.5 Å². The van der Waals surface area contributed by atoms with Crippen LogP contribution in [-0.4, -0.2) is 15.9 Å². The molecule has 1 amide bonds. The van der Waals surface area contributed by atoms with Crippen molar-refractivity contribution in [3.8, 4) is 0 Å². The Hall–Kier alpha value is -2.15. The normalized spacial score (nSPS) is 10.1. The third-order valence-corrected chi connectivity index (χ3v) is 2.96. The van der Waals surface area contributed by atoms with Crippen LogP contribution < -0.4 is 16.6 Å². The van der Waals surface area contributed by atoms with E-state index in [2.05, 4.69) is 31.2 Å². The summed E-state index contributed by atoms with van der Waals surface area (Å²) in [5.74, 6) is -0.0948. The van der Waals surface area contributed by atoms with Gasteiger partial charge in [0.1, 0.15) is 4.47 Å². The first-order valence-corrected chi connectivity index (χ1v) is 5.77. The van der Waals surface area contributed by atoms with Crippen molar-refractivity contribution in [1.82, 2.24) is 9.97 Å². The summed E-state index contributed by atoms with van der Waals surface area (Å²) in [7, 11) is 0. The fourth-order valence-corrected chi connectivity index (χ4v) is 1.64. The average molecular weight is 309 g/mol. The monoisotopic (exact) mass is 308 g/mol. The average Bonchev–Trinajstić information content (AvgIpc) is 2.36. The predicted octanol–water partition coefficient (Wildman–Crippen LogP) is 1.37. The van der Waals surface area contributed by atoms with Gasteiger partial charge in [-0.25, -0.2) is 4.98 Å². The van der Waals surface area contributed by atoms with E-state index >= 15 is 0 Å². The highest BCUT2D eigenvalue weighted by atomic mass is 79.9. The number of anilines is 2. The molecule has 0 aliphatic rings. The molecular formula is C11H9BrN4O2. The molecule has 1 heterocycles. The van der Waals surface area contributed by atoms with E-state index in [0.717, 1.165) is 0 Å². The standard InChI is InChI=1S/C11H9BrN4O2/c12-8-10(14-5-15-11(8)18)16-7-3-1-6(2-4-7)9(13)17/h1-5H,(H2,13,17)(H2,14,15,16,18). The Morgan fingerprint density at radius 3 is 2.61 bits per heavy atom. The second kappa shape index (κ2) is 5.01. The highest BCUT2D eigenvalue weighted by Gasteiger charge is 2.06. The number of nitrogens with zero attached hydrogens (tertiary/aromatic N) is 1. The molecule has 0 unspecified atom stereocenters. The van der Waals surface area contributed by atoms with Gasteiger partial charge in [0.15, 0.2) is 5.82 Å². The van der Waals surface area contributed by atoms with Crippen LogP contribution in [0.3, 0.4) is 0 Å². The summed E-state index contributed by atoms with van der Waals surface area (Å²) < 4.78 is 0.309. The Balaban J connectivity index is 2.26. The summed E-state index contributed by atoms with van der Waals surface area (Å²) in [6, 6.07) is 6.53. The smallest absolute Gasteiger partial charge is 0.267 e. The van der Waals surface area contributed by atoms with Gasteiger partial charge in [-0.2, -0.15) is 0 Å². The largest absolute Gasteiger partial charge is 0.366 e. The quantitative estimate of drug-likeness (QED) is 0.797. The molecule has 0 saturated carbocycles. The minimum atomic E-state index is -0.489. The van der Waals surface area contributed by atoms with Crippen LogP contribution >= 0.6 is 15.9 Å². The lowest BCUT2D eigenvalue weighted by atomic mass is 10.2. The lowest BCUT2D eigenvalue weighted by Crippen LogP contribution is -2.11. The number of hydrogen-bond donors (Lipinski definition) is 3. The van der Waals surface area contributed by atoms with E-state index in [0.29, 0.717) is 21.5 Å². The number of aromatic amines is 1. The molecule has 0 saturated heterocycles. The molecule has 0 atom stereocenters. The van der Waals surface area contributed by atoms with Gasteiger partial charge in [-0.05, 0) is 40.2 Å². The first-order valence-electron chi connectivity index (χ1n) is 4.98. The molecule has 6 nitrogen and oxygen atoms in total. The molecule has 2 rings (SSSR count). The van der Waals surface area contributed by atoms with Crippen molar-refractivity contribution in [3.05, 3.63) is 51.0 Å². The van der Waals surface area contributed by atoms with Crippen LogP contribution in [0.2, 0.25) is 0 Å². The highest BCUT2D eigenvalue weighted by molar-refractivity contribution is 9.10. The first-order chi connectivity index (χ1) is 8.58. The maximum Gasteiger partial charge on any atom is 0.267 e. The van der Waals surface area contributed by atoms with Crippen molar-refractivity contribution < 1.29 is 4.79 Å². The number of rotatable bonds is 3. The van der Waals surface area contributed by atoms with Crippen molar-refractivity contribution >= 4 is 33.3 Å². The number of carbonyl (C=O) groups excluding carboxylic acids is 1. The van der Waals surface area contributed by atoms with Gasteiger partial charge in [0.25, 0.3) is 5.56 Å². The van der Waals surface area contributed by atoms with Crippen LogP contribution in [-0.2, 0) is 0 Å². The molecule has 1 aromatic heterocycles. The van der Waals surface area contributed by atoms with E-state index in [1.54, 1.807) is 24.3 Å². The molecule has 2 aromatic rings. The van der Waals surface area contributed by atoms with E-state index in [1.165, 1.54) is 6.33 Å². The number of aromatic nitrogens is 2. The van der Waals surface area contributed by atoms with Gasteiger partial charge < -0.3 is 16.0 Å². The summed E-state index contributed by atoms with van der Waals surface area (Å²) in [6.07, 6.45) is 1.30. The zero-order valence-corrected chi connectivity index (χ0v) is 10.7. The molecular weight excluding hydrogens is 300 g/mol. The number of benzene rings is 1. The number of nitrogens with two attached hydrogens (primary N) is 1. The van der Waals surface area contributed by atoms with Crippen molar-refractivity contribution in [2.24, 2.45) is 5.73 Å². The van der Waals surface area contributed by atoms with Crippen molar-refractivity contribution in [2.45, 2.75) is 0 Å². The van der Waals surface area contributed by atoms with Gasteiger partial charge in [-0.3, -0.25) is 9.59 Å². The molecule has 0 bridgehead atoms. The molecule has 0 radical (unpaired) electrons. The zero-order chi connectivity index (χ0) is 13.1. The third-order valence-electron chi connectivity index (χ3n) is 2.23. The van der Waals surface area contributed by atoms with Crippen molar-refractivity contribution in [1.29, 1.82) is 0 Å². The van der Waals surface area contributed by atoms with Gasteiger partial charge in [0.05, 0.1) is 6.33 Å². The topological polar surface area (TPSA) is 101 Å². The van der Waals surface area contributed by atoms with Crippen LogP contribution in [0.5, 0.6) is 0 Å². The first kappa shape index (κ1) is 12.3. The SMILES string of the molecule is NC(=O)c1ccc(Nc2nc[nH]c(=O)c2Br)cc1. The minimum absolute atomic E-state index is 0.277. The maximum absolute atomic E-state index is 11.3. The molecule has 1 aromatic carbocycles. The molecule has 18 heavy (non-hydrogen) atoms. The van der Waals surface area contributed by atoms with Crippen molar-refractivity contribution in [3.63, 3.8) is 0 Å². The number of halogens is 1. The van der Waals surface area contributed by atoms with Crippen LogP contribution in [0.1, 0.15) is 10.4 Å². The second-order valence-corrected chi connectivity index (χ2v) is 4.25. The van der Waals surface area contributed by atoms with E-state index in [-0.39, 0.29) is 5.56 Å². The molecule has 0 spiro atoms. The number of amides is 1. The zero-order valence-electron chi connectivity index (χ0n) is 9.11. The number of hydrogen-bond acceptors (Lipinski definition) is 4. The predicted molar refractivity (Wildman–Crippen MR) is 70.8 cm³/mol. The van der Waals surface area contributed by atoms with Gasteiger partial charge in [-0.1, -0.05) is 0 Å². The van der Waals surface area contributed by atoms with E-state index < -0.39 is 5.91 Å². The summed E-state index contributed by atoms with van der Waals surface area (Å²) in [5, 5.41) is 2.95. The number of primary amides is 1. The second-order valence-electron chi connectivity index (χ2n) is 3.46. The van der Waals surface area contributed by atoms with Gasteiger partial charge >= 0.3 is 0 Å². The lowest BCUT2D eigenvalue weighted by molar-refractivity contribution is 0.100. The fourth-order valence-electron chi connectivity index (χ4n) is 1.32. The Labute approximate surface area is 110 Å². The van der Waals surface area contributed by atoms with Gasteiger partial charge in [0.2, 0.25) is 5.91 Å². The molecule has 7 heteroatoms. The van der Waals surface area contributed by atoms with E-state index in [4.69, 9.17) is 5.73 Å². The van der Waals surface area contributed by atoms with E-state index in [9.17, 15) is 9.59 Å². The van der Waals surface area contributed by atoms with Crippen molar-refractivity contribution in [2.75, 3.05) is 5.32 Å². The summed E-state index contributed by atoms with van der Waals surface area (Å²) in [6.45, 7) is 0. The molecule has 0 aliphatic carbocycles. The summed E-state index contributed by atoms with van der Waals surface area (Å²) in [5.41, 5.74) is 5.97. The van der Waals surface area contributed by atoms with Crippen LogP contribution in [0.15, 0.2) is 39.9 Å². The summed E-state index contributed by atoms with van der Waals surface area (Å²) >= 11 is 3.13. The fraction of sp³-hybridized carbons (Fsp3) is 0. The van der Waals surface area contributed by atoms with Gasteiger partial charge in [0, 0.05) is 11.3 Å². The Bertz CT molecular complexity index is 636. The molecule has 0 fully saturated rings. The number of carbonyl (C=O) groups is 1. The van der Waals surface area contributed by atoms with Crippen LogP contribution in [0, 0.1) is 0 Å². The Morgan fingerprint density at radius 2 is 2.00 bits per heavy atom. The molecule has 92 valence electrons. The van der Waals surface area contributed by atoms with E-state index in [1.807, 2.05) is 0 Å². The Morgan fingerprint density at radius 1 is 1.33 bits per heavy atom. The summed E-state index contributed by atoms with van der Waals surface area (Å²) in [4.78, 5) is 28.7. The number of H-pyrrole nitrogens is 1. The minimum Gasteiger partial charge on any atom is -0.366 e. The van der Waals surface area contributed by atoms with Gasteiger partial charge in [-0.15, -0.1) is 0 Å². The number of nitrogens with one attached hydrogen (secondary N) is 2. The third kappa shape index (κ3) is 2.57. The maximum atomic E-state index is 11.3. The lowest BCUT2D eigenvalue weighted by Gasteiger charge is -2.06. The molecule has 0 aliphatic heterocycles. The highest BCUT2D eigenvalue weighted by Crippen LogP contribution is 2.19. The van der Waals surface area contributed by atoms with Crippen LogP contribution in [0.25, 0.3) is 0 Å². The Kier molecular flexibility index (Phi) is 3.42.